The first kappa shape index (κ1) is 13.3. The van der Waals surface area contributed by atoms with Crippen molar-refractivity contribution in [3.63, 3.8) is 0 Å². The van der Waals surface area contributed by atoms with Crippen molar-refractivity contribution >= 4 is 11.6 Å². The molecule has 0 radical (unpaired) electrons. The lowest BCUT2D eigenvalue weighted by Gasteiger charge is -2.21. The number of rotatable bonds is 0. The number of fused-ring (bicyclic) bond motifs is 5. The third-order valence-corrected chi connectivity index (χ3v) is 4.99. The van der Waals surface area contributed by atoms with Gasteiger partial charge in [0, 0.05) is 30.4 Å². The molecule has 0 saturated heterocycles. The van der Waals surface area contributed by atoms with E-state index in [1.54, 1.807) is 18.3 Å². The molecule has 1 aliphatic carbocycles. The first-order chi connectivity index (χ1) is 11.6. The lowest BCUT2D eigenvalue weighted by Crippen LogP contribution is -2.21. The Morgan fingerprint density at radius 1 is 0.833 bits per heavy atom. The number of nitrogens with zero attached hydrogens (tertiary/aromatic N) is 1. The second-order valence-electron chi connectivity index (χ2n) is 6.30. The fourth-order valence-electron chi connectivity index (χ4n) is 3.84. The number of phenols is 1. The first-order valence-corrected chi connectivity index (χ1v) is 7.85. The fourth-order valence-corrected chi connectivity index (χ4v) is 3.84. The van der Waals surface area contributed by atoms with Crippen LogP contribution >= 0.6 is 0 Å². The number of hydrogen-bond acceptors (Lipinski definition) is 3. The standard InChI is InChI=1S/C20H13NO3/c22-16-7-3-6-13-18(16)20(24)14-10-21-9-12-5-2-1-4-11(12)8-15(21)17(14)19(13)23/h1-7,10,22H,8-9H2. The molecule has 0 saturated carbocycles. The van der Waals surface area contributed by atoms with Gasteiger partial charge in [-0.2, -0.15) is 0 Å². The van der Waals surface area contributed by atoms with Crippen LogP contribution in [0.25, 0.3) is 0 Å². The molecule has 5 rings (SSSR count). The summed E-state index contributed by atoms with van der Waals surface area (Å²) in [5.41, 5.74) is 4.58. The Kier molecular flexibility index (Phi) is 2.47. The third kappa shape index (κ3) is 1.57. The van der Waals surface area contributed by atoms with E-state index in [1.807, 2.05) is 16.7 Å². The molecule has 2 aromatic carbocycles. The minimum Gasteiger partial charge on any atom is -0.507 e. The largest absolute Gasteiger partial charge is 0.507 e. The minimum atomic E-state index is -0.274. The van der Waals surface area contributed by atoms with E-state index in [2.05, 4.69) is 12.1 Å². The molecule has 0 amide bonds. The van der Waals surface area contributed by atoms with E-state index >= 15 is 0 Å². The van der Waals surface area contributed by atoms with Crippen molar-refractivity contribution in [3.8, 4) is 5.75 Å². The van der Waals surface area contributed by atoms with Gasteiger partial charge < -0.3 is 9.67 Å². The summed E-state index contributed by atoms with van der Waals surface area (Å²) in [6, 6.07) is 12.8. The normalized spacial score (nSPS) is 14.7. The molecule has 4 nitrogen and oxygen atoms in total. The molecule has 4 heteroatoms. The van der Waals surface area contributed by atoms with E-state index < -0.39 is 0 Å². The quantitative estimate of drug-likeness (QED) is 0.478. The second-order valence-corrected chi connectivity index (χ2v) is 6.30. The van der Waals surface area contributed by atoms with Crippen LogP contribution in [0.2, 0.25) is 0 Å². The van der Waals surface area contributed by atoms with Gasteiger partial charge in [-0.3, -0.25) is 9.59 Å². The Balaban J connectivity index is 1.75. The maximum absolute atomic E-state index is 13.0. The molecule has 1 N–H and O–H groups in total. The predicted octanol–water partition coefficient (Wildman–Crippen LogP) is 2.92. The molecular formula is C20H13NO3. The minimum absolute atomic E-state index is 0.121. The Morgan fingerprint density at radius 2 is 1.58 bits per heavy atom. The van der Waals surface area contributed by atoms with Crippen LogP contribution in [-0.4, -0.2) is 21.2 Å². The van der Waals surface area contributed by atoms with Crippen LogP contribution in [0.3, 0.4) is 0 Å². The van der Waals surface area contributed by atoms with Crippen LogP contribution in [0, 0.1) is 0 Å². The van der Waals surface area contributed by atoms with E-state index in [0.717, 1.165) is 5.69 Å². The van der Waals surface area contributed by atoms with Crippen molar-refractivity contribution in [3.05, 3.63) is 87.7 Å². The highest BCUT2D eigenvalue weighted by molar-refractivity contribution is 6.29. The Bertz CT molecular complexity index is 1060. The average Bonchev–Trinajstić information content (AvgIpc) is 2.96. The van der Waals surface area contributed by atoms with Crippen molar-refractivity contribution in [2.45, 2.75) is 13.0 Å². The molecule has 0 atom stereocenters. The SMILES string of the molecule is O=C1c2cn3c(c2C(=O)c2cccc(O)c21)Cc1ccccc1C3. The van der Waals surface area contributed by atoms with Crippen LogP contribution < -0.4 is 0 Å². The van der Waals surface area contributed by atoms with Gasteiger partial charge in [-0.1, -0.05) is 36.4 Å². The monoisotopic (exact) mass is 315 g/mol. The van der Waals surface area contributed by atoms with Crippen LogP contribution in [0.1, 0.15) is 48.7 Å². The number of benzene rings is 2. The summed E-state index contributed by atoms with van der Waals surface area (Å²) in [7, 11) is 0. The van der Waals surface area contributed by atoms with Gasteiger partial charge in [-0.05, 0) is 17.2 Å². The fraction of sp³-hybridized carbons (Fsp3) is 0.100. The number of phenolic OH excluding ortho intramolecular Hbond substituents is 1. The molecular weight excluding hydrogens is 302 g/mol. The maximum Gasteiger partial charge on any atom is 0.199 e. The van der Waals surface area contributed by atoms with Gasteiger partial charge in [-0.15, -0.1) is 0 Å². The summed E-state index contributed by atoms with van der Waals surface area (Å²) in [6.07, 6.45) is 2.40. The number of hydrogen-bond donors (Lipinski definition) is 1. The molecule has 1 aromatic heterocycles. The van der Waals surface area contributed by atoms with Crippen LogP contribution in [0.4, 0.5) is 0 Å². The second kappa shape index (κ2) is 4.45. The number of aromatic nitrogens is 1. The average molecular weight is 315 g/mol. The number of ketones is 2. The summed E-state index contributed by atoms with van der Waals surface area (Å²) >= 11 is 0. The smallest absolute Gasteiger partial charge is 0.199 e. The van der Waals surface area contributed by atoms with E-state index in [1.165, 1.54) is 17.2 Å². The Labute approximate surface area is 138 Å². The summed E-state index contributed by atoms with van der Waals surface area (Å²) in [6.45, 7) is 0.654. The van der Waals surface area contributed by atoms with Gasteiger partial charge in [-0.25, -0.2) is 0 Å². The zero-order valence-electron chi connectivity index (χ0n) is 12.7. The van der Waals surface area contributed by atoms with Gasteiger partial charge >= 0.3 is 0 Å². The summed E-state index contributed by atoms with van der Waals surface area (Å²) in [5.74, 6) is -0.587. The van der Waals surface area contributed by atoms with Crippen molar-refractivity contribution in [1.29, 1.82) is 0 Å². The van der Waals surface area contributed by atoms with Gasteiger partial charge in [0.15, 0.2) is 11.6 Å². The van der Waals surface area contributed by atoms with E-state index in [4.69, 9.17) is 0 Å². The van der Waals surface area contributed by atoms with Crippen molar-refractivity contribution < 1.29 is 14.7 Å². The molecule has 1 aliphatic heterocycles. The molecule has 116 valence electrons. The van der Waals surface area contributed by atoms with Crippen molar-refractivity contribution in [2.75, 3.05) is 0 Å². The number of carbonyl (C=O) groups excluding carboxylic acids is 2. The molecule has 0 bridgehead atoms. The molecule has 0 spiro atoms. The molecule has 2 aliphatic rings. The summed E-state index contributed by atoms with van der Waals surface area (Å²) in [4.78, 5) is 25.8. The van der Waals surface area contributed by atoms with Gasteiger partial charge in [0.05, 0.1) is 16.7 Å². The zero-order chi connectivity index (χ0) is 16.4. The highest BCUT2D eigenvalue weighted by atomic mass is 16.3. The predicted molar refractivity (Wildman–Crippen MR) is 87.8 cm³/mol. The van der Waals surface area contributed by atoms with Crippen molar-refractivity contribution in [1.82, 2.24) is 4.57 Å². The molecule has 2 heterocycles. The topological polar surface area (TPSA) is 59.3 Å². The first-order valence-electron chi connectivity index (χ1n) is 7.85. The third-order valence-electron chi connectivity index (χ3n) is 4.99. The molecule has 3 aromatic rings. The molecule has 0 fully saturated rings. The van der Waals surface area contributed by atoms with Crippen molar-refractivity contribution in [2.24, 2.45) is 0 Å². The Hall–Kier alpha value is -3.14. The van der Waals surface area contributed by atoms with Gasteiger partial charge in [0.25, 0.3) is 0 Å². The van der Waals surface area contributed by atoms with Gasteiger partial charge in [0.2, 0.25) is 0 Å². The number of aromatic hydroxyl groups is 1. The molecule has 0 unspecified atom stereocenters. The van der Waals surface area contributed by atoms with Crippen LogP contribution in [0.15, 0.2) is 48.7 Å². The summed E-state index contributed by atoms with van der Waals surface area (Å²) < 4.78 is 1.99. The lowest BCUT2D eigenvalue weighted by molar-refractivity contribution is 0.0977. The van der Waals surface area contributed by atoms with Gasteiger partial charge in [0.1, 0.15) is 5.75 Å². The van der Waals surface area contributed by atoms with Crippen LogP contribution in [-0.2, 0) is 13.0 Å². The lowest BCUT2D eigenvalue weighted by atomic mass is 9.83. The maximum atomic E-state index is 13.0. The molecule has 24 heavy (non-hydrogen) atoms. The van der Waals surface area contributed by atoms with E-state index in [9.17, 15) is 14.7 Å². The van der Waals surface area contributed by atoms with E-state index in [-0.39, 0.29) is 22.9 Å². The van der Waals surface area contributed by atoms with E-state index in [0.29, 0.717) is 29.7 Å². The number of carbonyl (C=O) groups is 2. The van der Waals surface area contributed by atoms with Crippen LogP contribution in [0.5, 0.6) is 5.75 Å². The Morgan fingerprint density at radius 3 is 2.42 bits per heavy atom. The zero-order valence-corrected chi connectivity index (χ0v) is 12.7. The highest BCUT2D eigenvalue weighted by Gasteiger charge is 2.37. The highest BCUT2D eigenvalue weighted by Crippen LogP contribution is 2.37. The summed E-state index contributed by atoms with van der Waals surface area (Å²) in [5, 5.41) is 10.0.